The highest BCUT2D eigenvalue weighted by molar-refractivity contribution is 5.97. The first kappa shape index (κ1) is 28.1. The lowest BCUT2D eigenvalue weighted by Crippen LogP contribution is -2.41. The quantitative estimate of drug-likeness (QED) is 0.146. The number of nitrogen functional groups attached to an aromatic ring is 1. The minimum atomic E-state index is -1.23. The second kappa shape index (κ2) is 13.8. The second-order valence-electron chi connectivity index (χ2n) is 8.30. The lowest BCUT2D eigenvalue weighted by molar-refractivity contribution is -0.139. The Kier molecular flexibility index (Phi) is 10.2. The van der Waals surface area contributed by atoms with Gasteiger partial charge in [0.25, 0.3) is 11.5 Å². The monoisotopic (exact) mass is 527 g/mol. The van der Waals surface area contributed by atoms with E-state index in [1.54, 1.807) is 12.1 Å². The molecule has 0 aliphatic heterocycles. The average Bonchev–Trinajstić information content (AvgIpc) is 2.89. The predicted octanol–water partition coefficient (Wildman–Crippen LogP) is 0.229. The van der Waals surface area contributed by atoms with E-state index in [-0.39, 0.29) is 67.5 Å². The number of nitrogens with one attached hydrogen (secondary N) is 3. The van der Waals surface area contributed by atoms with Gasteiger partial charge in [0, 0.05) is 30.7 Å². The largest absolute Gasteiger partial charge is 0.480 e. The molecule has 0 saturated heterocycles. The number of amides is 1. The van der Waals surface area contributed by atoms with Gasteiger partial charge in [-0.15, -0.1) is 0 Å². The zero-order valence-corrected chi connectivity index (χ0v) is 20.5. The number of carboxylic acids is 1. The standard InChI is InChI=1S/C24H29N7O7/c25-24-30-20-19(22(35)31-24)28-16(13-27-20)12-26-15-5-3-14(4-6-15)21(34)29-18(23(36)37)8-7-17(33)2-1-10-38-11-9-32/h3-6,13,18,26,32H,1-2,7-12H2,(H,29,34)(H,36,37)(H3,25,27,30,31,35). The van der Waals surface area contributed by atoms with Crippen LogP contribution in [0.15, 0.2) is 35.3 Å². The van der Waals surface area contributed by atoms with Crippen LogP contribution >= 0.6 is 0 Å². The molecule has 0 aliphatic carbocycles. The number of aliphatic carboxylic acids is 1. The summed E-state index contributed by atoms with van der Waals surface area (Å²) in [5, 5.41) is 23.6. The molecule has 1 unspecified atom stereocenters. The molecule has 0 aliphatic rings. The Morgan fingerprint density at radius 3 is 2.58 bits per heavy atom. The topological polar surface area (TPSA) is 223 Å². The highest BCUT2D eigenvalue weighted by Gasteiger charge is 2.21. The lowest BCUT2D eigenvalue weighted by Gasteiger charge is -2.14. The number of hydrogen-bond donors (Lipinski definition) is 6. The number of benzene rings is 1. The van der Waals surface area contributed by atoms with Crippen molar-refractivity contribution in [2.24, 2.45) is 0 Å². The summed E-state index contributed by atoms with van der Waals surface area (Å²) in [5.74, 6) is -1.99. The minimum absolute atomic E-state index is 0.00703. The highest BCUT2D eigenvalue weighted by atomic mass is 16.5. The van der Waals surface area contributed by atoms with Gasteiger partial charge in [0.2, 0.25) is 5.95 Å². The number of hydrogen-bond acceptors (Lipinski definition) is 11. The van der Waals surface area contributed by atoms with E-state index < -0.39 is 23.5 Å². The van der Waals surface area contributed by atoms with Crippen LogP contribution in [0.1, 0.15) is 41.7 Å². The van der Waals surface area contributed by atoms with Gasteiger partial charge in [-0.25, -0.2) is 14.8 Å². The van der Waals surface area contributed by atoms with E-state index in [4.69, 9.17) is 15.6 Å². The molecular weight excluding hydrogens is 498 g/mol. The number of carbonyl (C=O) groups excluding carboxylic acids is 2. The first-order valence-electron chi connectivity index (χ1n) is 11.9. The summed E-state index contributed by atoms with van der Waals surface area (Å²) in [6, 6.07) is 5.11. The second-order valence-corrected chi connectivity index (χ2v) is 8.30. The van der Waals surface area contributed by atoms with Gasteiger partial charge >= 0.3 is 5.97 Å². The number of anilines is 2. The molecule has 2 aromatic heterocycles. The SMILES string of the molecule is Nc1nc2ncc(CNc3ccc(C(=O)NC(CCC(=O)CCCOCCO)C(=O)O)cc3)nc2c(=O)[nH]1. The van der Waals surface area contributed by atoms with E-state index in [2.05, 4.69) is 30.6 Å². The summed E-state index contributed by atoms with van der Waals surface area (Å²) >= 11 is 0. The number of aromatic amines is 1. The van der Waals surface area contributed by atoms with Crippen LogP contribution in [-0.4, -0.2) is 73.7 Å². The molecule has 0 bridgehead atoms. The van der Waals surface area contributed by atoms with E-state index in [1.807, 2.05) is 0 Å². The third kappa shape index (κ3) is 8.31. The van der Waals surface area contributed by atoms with Gasteiger partial charge in [-0.2, -0.15) is 4.98 Å². The van der Waals surface area contributed by atoms with Crippen LogP contribution in [0.5, 0.6) is 0 Å². The zero-order chi connectivity index (χ0) is 27.5. The number of ether oxygens (including phenoxy) is 1. The Hall–Kier alpha value is -4.43. The summed E-state index contributed by atoms with van der Waals surface area (Å²) < 4.78 is 5.09. The van der Waals surface area contributed by atoms with Crippen LogP contribution in [0.2, 0.25) is 0 Å². The van der Waals surface area contributed by atoms with Crippen LogP contribution in [0.3, 0.4) is 0 Å². The van der Waals surface area contributed by atoms with Crippen LogP contribution in [0.4, 0.5) is 11.6 Å². The van der Waals surface area contributed by atoms with Crippen LogP contribution in [0, 0.1) is 0 Å². The molecule has 1 atom stereocenters. The van der Waals surface area contributed by atoms with Crippen molar-refractivity contribution in [3.63, 3.8) is 0 Å². The fraction of sp³-hybridized carbons (Fsp3) is 0.375. The molecule has 38 heavy (non-hydrogen) atoms. The van der Waals surface area contributed by atoms with E-state index >= 15 is 0 Å². The molecule has 0 radical (unpaired) electrons. The van der Waals surface area contributed by atoms with Gasteiger partial charge in [0.05, 0.1) is 31.6 Å². The molecule has 1 amide bonds. The van der Waals surface area contributed by atoms with E-state index in [9.17, 15) is 24.3 Å². The van der Waals surface area contributed by atoms with Crippen LogP contribution in [-0.2, 0) is 20.9 Å². The Bertz CT molecular complexity index is 1330. The molecular formula is C24H29N7O7. The molecule has 0 fully saturated rings. The Morgan fingerprint density at radius 2 is 1.87 bits per heavy atom. The molecule has 3 aromatic rings. The Labute approximate surface area is 216 Å². The number of aliphatic hydroxyl groups is 1. The number of carbonyl (C=O) groups is 3. The van der Waals surface area contributed by atoms with Crippen molar-refractivity contribution >= 4 is 40.5 Å². The number of nitrogens with two attached hydrogens (primary N) is 1. The molecule has 1 aromatic carbocycles. The molecule has 3 rings (SSSR count). The third-order valence-corrected chi connectivity index (χ3v) is 5.40. The number of H-pyrrole nitrogens is 1. The van der Waals surface area contributed by atoms with Crippen molar-refractivity contribution in [2.45, 2.75) is 38.3 Å². The number of carboxylic acid groups (broad SMARTS) is 1. The number of aromatic nitrogens is 4. The molecule has 14 nitrogen and oxygen atoms in total. The summed E-state index contributed by atoms with van der Waals surface area (Å²) in [5.41, 5.74) is 6.58. The smallest absolute Gasteiger partial charge is 0.326 e. The molecule has 14 heteroatoms. The van der Waals surface area contributed by atoms with Crippen molar-refractivity contribution in [2.75, 3.05) is 30.9 Å². The first-order chi connectivity index (χ1) is 18.3. The fourth-order valence-corrected chi connectivity index (χ4v) is 3.46. The third-order valence-electron chi connectivity index (χ3n) is 5.40. The van der Waals surface area contributed by atoms with Gasteiger partial charge < -0.3 is 31.3 Å². The van der Waals surface area contributed by atoms with Gasteiger partial charge in [0.1, 0.15) is 11.8 Å². The maximum absolute atomic E-state index is 12.6. The number of Topliss-reactive ketones (excluding diaryl/α,β-unsaturated/α-hetero) is 1. The molecule has 202 valence electrons. The minimum Gasteiger partial charge on any atom is -0.480 e. The van der Waals surface area contributed by atoms with Gasteiger partial charge in [0.15, 0.2) is 11.2 Å². The Morgan fingerprint density at radius 1 is 1.11 bits per heavy atom. The highest BCUT2D eigenvalue weighted by Crippen LogP contribution is 2.12. The molecule has 7 N–H and O–H groups in total. The summed E-state index contributed by atoms with van der Waals surface area (Å²) in [7, 11) is 0. The number of ketones is 1. The normalized spacial score (nSPS) is 11.7. The Balaban J connectivity index is 1.50. The summed E-state index contributed by atoms with van der Waals surface area (Å²) in [6.07, 6.45) is 2.14. The number of aliphatic hydroxyl groups excluding tert-OH is 1. The number of rotatable bonds is 15. The zero-order valence-electron chi connectivity index (χ0n) is 20.5. The van der Waals surface area contributed by atoms with Crippen LogP contribution in [0.25, 0.3) is 11.2 Å². The first-order valence-corrected chi connectivity index (χ1v) is 11.9. The van der Waals surface area contributed by atoms with E-state index in [1.165, 1.54) is 18.3 Å². The van der Waals surface area contributed by atoms with E-state index in [0.29, 0.717) is 24.4 Å². The van der Waals surface area contributed by atoms with Gasteiger partial charge in [-0.3, -0.25) is 19.4 Å². The van der Waals surface area contributed by atoms with Gasteiger partial charge in [-0.1, -0.05) is 0 Å². The molecule has 0 saturated carbocycles. The van der Waals surface area contributed by atoms with E-state index in [0.717, 1.165) is 0 Å². The number of nitrogens with zero attached hydrogens (tertiary/aromatic N) is 3. The summed E-state index contributed by atoms with van der Waals surface area (Å²) in [4.78, 5) is 62.8. The van der Waals surface area contributed by atoms with Crippen molar-refractivity contribution in [1.82, 2.24) is 25.3 Å². The van der Waals surface area contributed by atoms with Crippen molar-refractivity contribution in [3.05, 3.63) is 52.1 Å². The average molecular weight is 528 g/mol. The maximum Gasteiger partial charge on any atom is 0.326 e. The molecule has 0 spiro atoms. The number of fused-ring (bicyclic) bond motifs is 1. The summed E-state index contributed by atoms with van der Waals surface area (Å²) in [6.45, 7) is 0.680. The van der Waals surface area contributed by atoms with Crippen molar-refractivity contribution in [3.8, 4) is 0 Å². The fourth-order valence-electron chi connectivity index (χ4n) is 3.46. The maximum atomic E-state index is 12.6. The van der Waals surface area contributed by atoms with Crippen molar-refractivity contribution in [1.29, 1.82) is 0 Å². The van der Waals surface area contributed by atoms with Crippen molar-refractivity contribution < 1.29 is 29.3 Å². The molecule has 2 heterocycles. The lowest BCUT2D eigenvalue weighted by atomic mass is 10.1. The van der Waals surface area contributed by atoms with Gasteiger partial charge in [-0.05, 0) is 37.1 Å². The van der Waals surface area contributed by atoms with Crippen LogP contribution < -0.4 is 21.9 Å². The predicted molar refractivity (Wildman–Crippen MR) is 136 cm³/mol.